The van der Waals surface area contributed by atoms with Gasteiger partial charge in [-0.25, -0.2) is 8.42 Å². The number of hydrogen-bond acceptors (Lipinski definition) is 5. The molecule has 0 aliphatic carbocycles. The fraction of sp³-hybridized carbons (Fsp3) is 0.333. The van der Waals surface area contributed by atoms with Gasteiger partial charge in [0.1, 0.15) is 0 Å². The Morgan fingerprint density at radius 3 is 2.61 bits per heavy atom. The van der Waals surface area contributed by atoms with E-state index in [0.29, 0.717) is 0 Å². The molecule has 0 spiro atoms. The van der Waals surface area contributed by atoms with E-state index in [1.165, 1.54) is 6.07 Å². The fourth-order valence-corrected chi connectivity index (χ4v) is 2.19. The zero-order chi connectivity index (χ0) is 13.4. The first-order valence-corrected chi connectivity index (χ1v) is 6.48. The monoisotopic (exact) mass is 281 g/mol. The summed E-state index contributed by atoms with van der Waals surface area (Å²) in [5.41, 5.74) is 0.0449. The van der Waals surface area contributed by atoms with Crippen LogP contribution in [0.4, 0.5) is 14.5 Å². The van der Waals surface area contributed by atoms with Gasteiger partial charge in [-0.05, 0) is 12.1 Å². The van der Waals surface area contributed by atoms with Crippen LogP contribution in [0.15, 0.2) is 18.2 Å². The second-order valence-electron chi connectivity index (χ2n) is 3.47. The maximum absolute atomic E-state index is 12.7. The Balaban J connectivity index is 2.19. The minimum atomic E-state index is -3.75. The molecule has 9 heteroatoms. The van der Waals surface area contributed by atoms with Gasteiger partial charge in [0.2, 0.25) is 10.0 Å². The van der Waals surface area contributed by atoms with Crippen LogP contribution in [0.25, 0.3) is 0 Å². The maximum Gasteiger partial charge on any atom is 0.586 e. The van der Waals surface area contributed by atoms with Crippen molar-refractivity contribution in [1.29, 1.82) is 0 Å². The molecule has 1 aliphatic rings. The van der Waals surface area contributed by atoms with Crippen molar-refractivity contribution < 1.29 is 31.8 Å². The first-order chi connectivity index (χ1) is 8.31. The number of sulfonamides is 1. The molecule has 1 heterocycles. The van der Waals surface area contributed by atoms with Gasteiger partial charge in [-0.2, -0.15) is 0 Å². The number of ether oxygens (including phenoxy) is 2. The van der Waals surface area contributed by atoms with E-state index in [4.69, 9.17) is 5.11 Å². The molecule has 0 saturated carbocycles. The molecule has 0 amide bonds. The van der Waals surface area contributed by atoms with Gasteiger partial charge >= 0.3 is 6.29 Å². The molecule has 1 aliphatic heterocycles. The number of rotatable bonds is 4. The maximum atomic E-state index is 12.7. The van der Waals surface area contributed by atoms with Gasteiger partial charge in [-0.1, -0.05) is 0 Å². The van der Waals surface area contributed by atoms with Gasteiger partial charge in [0.25, 0.3) is 0 Å². The Morgan fingerprint density at radius 1 is 1.28 bits per heavy atom. The molecule has 0 saturated heterocycles. The van der Waals surface area contributed by atoms with Crippen molar-refractivity contribution in [2.45, 2.75) is 6.29 Å². The number of nitrogens with one attached hydrogen (secondary N) is 1. The van der Waals surface area contributed by atoms with Crippen LogP contribution in [0.2, 0.25) is 0 Å². The lowest BCUT2D eigenvalue weighted by atomic mass is 10.3. The van der Waals surface area contributed by atoms with Crippen LogP contribution in [-0.2, 0) is 10.0 Å². The van der Waals surface area contributed by atoms with Crippen LogP contribution in [-0.4, -0.2) is 32.2 Å². The number of alkyl halides is 2. The van der Waals surface area contributed by atoms with E-state index in [2.05, 4.69) is 14.2 Å². The van der Waals surface area contributed by atoms with E-state index in [9.17, 15) is 17.2 Å². The first-order valence-electron chi connectivity index (χ1n) is 4.82. The number of benzene rings is 1. The molecular weight excluding hydrogens is 272 g/mol. The predicted octanol–water partition coefficient (Wildman–Crippen LogP) is 0.742. The minimum absolute atomic E-state index is 0.0449. The molecule has 100 valence electrons. The second kappa shape index (κ2) is 4.25. The fourth-order valence-electron chi connectivity index (χ4n) is 1.36. The number of fused-ring (bicyclic) bond motifs is 1. The molecule has 1 aromatic rings. The molecular formula is C9H9F2NO5S. The standard InChI is InChI=1S/C9H9F2NO5S/c10-9(11)16-7-2-1-6(5-8(7)17-9)12-18(14,15)4-3-13/h1-2,5,12-13H,3-4H2. The number of halogens is 2. The van der Waals surface area contributed by atoms with E-state index in [1.54, 1.807) is 0 Å². The number of aliphatic hydroxyl groups is 1. The van der Waals surface area contributed by atoms with Crippen molar-refractivity contribution in [3.05, 3.63) is 18.2 Å². The normalized spacial score (nSPS) is 16.6. The van der Waals surface area contributed by atoms with Crippen LogP contribution in [0, 0.1) is 0 Å². The molecule has 0 bridgehead atoms. The van der Waals surface area contributed by atoms with E-state index < -0.39 is 28.7 Å². The van der Waals surface area contributed by atoms with Gasteiger partial charge in [0.05, 0.1) is 18.0 Å². The van der Waals surface area contributed by atoms with Gasteiger partial charge in [0, 0.05) is 6.07 Å². The van der Waals surface area contributed by atoms with Gasteiger partial charge < -0.3 is 14.6 Å². The summed E-state index contributed by atoms with van der Waals surface area (Å²) in [7, 11) is -3.71. The average Bonchev–Trinajstić information content (AvgIpc) is 2.50. The zero-order valence-corrected chi connectivity index (χ0v) is 9.71. The molecule has 2 N–H and O–H groups in total. The quantitative estimate of drug-likeness (QED) is 0.850. The smallest absolute Gasteiger partial charge is 0.395 e. The second-order valence-corrected chi connectivity index (χ2v) is 5.32. The zero-order valence-electron chi connectivity index (χ0n) is 8.89. The number of aliphatic hydroxyl groups excluding tert-OH is 1. The Bertz CT molecular complexity index is 560. The Kier molecular flexibility index (Phi) is 3.03. The summed E-state index contributed by atoms with van der Waals surface area (Å²) in [4.78, 5) is 0. The van der Waals surface area contributed by atoms with Gasteiger partial charge in [-0.15, -0.1) is 8.78 Å². The Labute approximate surface area is 101 Å². The van der Waals surface area contributed by atoms with Crippen LogP contribution in [0.5, 0.6) is 11.5 Å². The summed E-state index contributed by atoms with van der Waals surface area (Å²) in [6.07, 6.45) is -3.75. The van der Waals surface area contributed by atoms with Crippen molar-refractivity contribution in [1.82, 2.24) is 0 Å². The molecule has 6 nitrogen and oxygen atoms in total. The summed E-state index contributed by atoms with van der Waals surface area (Å²) in [5, 5.41) is 8.54. The molecule has 0 atom stereocenters. The van der Waals surface area contributed by atoms with Crippen LogP contribution in [0.3, 0.4) is 0 Å². The predicted molar refractivity (Wildman–Crippen MR) is 57.1 cm³/mol. The van der Waals surface area contributed by atoms with Crippen LogP contribution >= 0.6 is 0 Å². The van der Waals surface area contributed by atoms with E-state index in [1.807, 2.05) is 0 Å². The topological polar surface area (TPSA) is 84.9 Å². The highest BCUT2D eigenvalue weighted by Gasteiger charge is 2.43. The highest BCUT2D eigenvalue weighted by Crippen LogP contribution is 2.42. The third-order valence-corrected chi connectivity index (χ3v) is 3.30. The van der Waals surface area contributed by atoms with Crippen molar-refractivity contribution in [2.24, 2.45) is 0 Å². The van der Waals surface area contributed by atoms with Crippen molar-refractivity contribution in [3.8, 4) is 11.5 Å². The molecule has 0 aromatic heterocycles. The summed E-state index contributed by atoms with van der Waals surface area (Å²) < 4.78 is 58.5. The van der Waals surface area contributed by atoms with Crippen molar-refractivity contribution in [3.63, 3.8) is 0 Å². The average molecular weight is 281 g/mol. The molecule has 18 heavy (non-hydrogen) atoms. The van der Waals surface area contributed by atoms with Gasteiger partial charge in [0.15, 0.2) is 11.5 Å². The summed E-state index contributed by atoms with van der Waals surface area (Å²) >= 11 is 0. The molecule has 0 fully saturated rings. The van der Waals surface area contributed by atoms with Crippen LogP contribution < -0.4 is 14.2 Å². The third-order valence-electron chi connectivity index (χ3n) is 2.03. The molecule has 0 radical (unpaired) electrons. The van der Waals surface area contributed by atoms with E-state index >= 15 is 0 Å². The van der Waals surface area contributed by atoms with Crippen LogP contribution in [0.1, 0.15) is 0 Å². The molecule has 1 aromatic carbocycles. The SMILES string of the molecule is O=S(=O)(CCO)Nc1ccc2c(c1)OC(F)(F)O2. The highest BCUT2D eigenvalue weighted by molar-refractivity contribution is 7.92. The number of hydrogen-bond donors (Lipinski definition) is 2. The van der Waals surface area contributed by atoms with Crippen molar-refractivity contribution >= 4 is 15.7 Å². The van der Waals surface area contributed by atoms with Gasteiger partial charge in [-0.3, -0.25) is 4.72 Å². The first kappa shape index (κ1) is 12.8. The largest absolute Gasteiger partial charge is 0.586 e. The summed E-state index contributed by atoms with van der Waals surface area (Å²) in [6, 6.07) is 3.48. The summed E-state index contributed by atoms with van der Waals surface area (Å²) in [6.45, 7) is -0.544. The Hall–Kier alpha value is -1.61. The van der Waals surface area contributed by atoms with Crippen molar-refractivity contribution in [2.75, 3.05) is 17.1 Å². The molecule has 0 unspecified atom stereocenters. The lowest BCUT2D eigenvalue weighted by molar-refractivity contribution is -0.286. The highest BCUT2D eigenvalue weighted by atomic mass is 32.2. The summed E-state index contributed by atoms with van der Waals surface area (Å²) in [5.74, 6) is -0.924. The third kappa shape index (κ3) is 2.79. The Morgan fingerprint density at radius 2 is 1.94 bits per heavy atom. The number of anilines is 1. The lowest BCUT2D eigenvalue weighted by Crippen LogP contribution is -2.25. The lowest BCUT2D eigenvalue weighted by Gasteiger charge is -2.06. The minimum Gasteiger partial charge on any atom is -0.395 e. The molecule has 2 rings (SSSR count). The van der Waals surface area contributed by atoms with E-state index in [0.717, 1.165) is 12.1 Å². The van der Waals surface area contributed by atoms with E-state index in [-0.39, 0.29) is 17.2 Å².